The molecule has 0 aliphatic rings. The molecule has 0 saturated carbocycles. The predicted molar refractivity (Wildman–Crippen MR) is 72.7 cm³/mol. The topological polar surface area (TPSA) is 90.1 Å². The third-order valence-corrected chi connectivity index (χ3v) is 2.94. The molecule has 0 radical (unpaired) electrons. The van der Waals surface area contributed by atoms with Gasteiger partial charge >= 0.3 is 0 Å². The van der Waals surface area contributed by atoms with Gasteiger partial charge in [-0.25, -0.2) is 4.98 Å². The number of halogens is 1. The van der Waals surface area contributed by atoms with E-state index < -0.39 is 4.92 Å². The van der Waals surface area contributed by atoms with E-state index in [4.69, 9.17) is 11.6 Å². The average molecular weight is 295 g/mol. The molecule has 104 valence electrons. The number of hydrogen-bond donors (Lipinski definition) is 1. The number of carbonyl (C=O) groups excluding carboxylic acids is 1. The normalized spacial score (nSPS) is 10.2. The monoisotopic (exact) mass is 294 g/mol. The minimum Gasteiger partial charge on any atom is -0.350 e. The Hall–Kier alpha value is -2.41. The number of imidazole rings is 1. The second kappa shape index (κ2) is 6.16. The van der Waals surface area contributed by atoms with Gasteiger partial charge in [-0.3, -0.25) is 14.9 Å². The Kier molecular flexibility index (Phi) is 4.31. The van der Waals surface area contributed by atoms with Crippen molar-refractivity contribution in [3.63, 3.8) is 0 Å². The van der Waals surface area contributed by atoms with Crippen molar-refractivity contribution in [3.05, 3.63) is 57.6 Å². The van der Waals surface area contributed by atoms with E-state index in [0.717, 1.165) is 6.07 Å². The Bertz CT molecular complexity index is 628. The molecule has 0 unspecified atom stereocenters. The number of hydrogen-bond acceptors (Lipinski definition) is 4. The van der Waals surface area contributed by atoms with Crippen LogP contribution in [0.2, 0.25) is 5.02 Å². The number of carbonyl (C=O) groups is 1. The van der Waals surface area contributed by atoms with Crippen molar-refractivity contribution in [1.82, 2.24) is 14.9 Å². The van der Waals surface area contributed by atoms with E-state index >= 15 is 0 Å². The van der Waals surface area contributed by atoms with Crippen LogP contribution in [0.25, 0.3) is 0 Å². The zero-order chi connectivity index (χ0) is 14.5. The summed E-state index contributed by atoms with van der Waals surface area (Å²) in [6.45, 7) is 0.985. The molecule has 8 heteroatoms. The summed E-state index contributed by atoms with van der Waals surface area (Å²) in [5.41, 5.74) is 0.0628. The first kappa shape index (κ1) is 14.0. The highest BCUT2D eigenvalue weighted by Gasteiger charge is 2.14. The van der Waals surface area contributed by atoms with Crippen LogP contribution < -0.4 is 5.32 Å². The lowest BCUT2D eigenvalue weighted by Gasteiger charge is -2.07. The molecule has 1 heterocycles. The second-order valence-electron chi connectivity index (χ2n) is 3.98. The van der Waals surface area contributed by atoms with Gasteiger partial charge in [0.15, 0.2) is 0 Å². The molecule has 7 nitrogen and oxygen atoms in total. The standard InChI is InChI=1S/C12H11ClN4O3/c13-11-7-9(17(19)20)1-2-10(11)12(18)15-4-6-16-5-3-14-8-16/h1-3,5,7-8H,4,6H2,(H,15,18). The summed E-state index contributed by atoms with van der Waals surface area (Å²) in [6.07, 6.45) is 5.07. The Morgan fingerprint density at radius 3 is 2.90 bits per heavy atom. The first-order valence-electron chi connectivity index (χ1n) is 5.76. The van der Waals surface area contributed by atoms with Gasteiger partial charge in [0.25, 0.3) is 11.6 Å². The quantitative estimate of drug-likeness (QED) is 0.673. The van der Waals surface area contributed by atoms with Gasteiger partial charge in [0.1, 0.15) is 0 Å². The van der Waals surface area contributed by atoms with E-state index in [-0.39, 0.29) is 22.2 Å². The van der Waals surface area contributed by atoms with E-state index in [2.05, 4.69) is 10.3 Å². The number of aromatic nitrogens is 2. The molecule has 0 bridgehead atoms. The summed E-state index contributed by atoms with van der Waals surface area (Å²) in [6, 6.07) is 3.75. The summed E-state index contributed by atoms with van der Waals surface area (Å²) in [7, 11) is 0. The second-order valence-corrected chi connectivity index (χ2v) is 4.38. The molecule has 2 rings (SSSR count). The summed E-state index contributed by atoms with van der Waals surface area (Å²) in [4.78, 5) is 25.8. The van der Waals surface area contributed by atoms with Crippen molar-refractivity contribution >= 4 is 23.2 Å². The Labute approximate surface area is 119 Å². The number of amides is 1. The number of nitrogens with one attached hydrogen (secondary N) is 1. The molecule has 1 amide bonds. The Morgan fingerprint density at radius 2 is 2.30 bits per heavy atom. The van der Waals surface area contributed by atoms with E-state index in [0.29, 0.717) is 13.1 Å². The van der Waals surface area contributed by atoms with Crippen molar-refractivity contribution in [2.45, 2.75) is 6.54 Å². The first-order valence-corrected chi connectivity index (χ1v) is 6.13. The Balaban J connectivity index is 1.97. The molecule has 0 aliphatic heterocycles. The number of rotatable bonds is 5. The molecule has 1 aromatic carbocycles. The van der Waals surface area contributed by atoms with Crippen LogP contribution in [0.15, 0.2) is 36.9 Å². The maximum absolute atomic E-state index is 11.9. The fourth-order valence-electron chi connectivity index (χ4n) is 1.61. The molecule has 2 aromatic rings. The molecule has 0 fully saturated rings. The summed E-state index contributed by atoms with van der Waals surface area (Å²) in [5.74, 6) is -0.370. The highest BCUT2D eigenvalue weighted by atomic mass is 35.5. The highest BCUT2D eigenvalue weighted by molar-refractivity contribution is 6.34. The smallest absolute Gasteiger partial charge is 0.270 e. The largest absolute Gasteiger partial charge is 0.350 e. The van der Waals surface area contributed by atoms with Gasteiger partial charge in [0, 0.05) is 37.6 Å². The molecule has 1 aromatic heterocycles. The van der Waals surface area contributed by atoms with Gasteiger partial charge in [0.2, 0.25) is 0 Å². The molecule has 0 saturated heterocycles. The zero-order valence-corrected chi connectivity index (χ0v) is 11.1. The lowest BCUT2D eigenvalue weighted by Crippen LogP contribution is -2.27. The molecular weight excluding hydrogens is 284 g/mol. The molecule has 0 atom stereocenters. The van der Waals surface area contributed by atoms with E-state index in [1.54, 1.807) is 18.7 Å². The van der Waals surface area contributed by atoms with E-state index in [1.807, 2.05) is 4.57 Å². The highest BCUT2D eigenvalue weighted by Crippen LogP contribution is 2.22. The molecule has 1 N–H and O–H groups in total. The number of nitro benzene ring substituents is 1. The predicted octanol–water partition coefficient (Wildman–Crippen LogP) is 1.87. The van der Waals surface area contributed by atoms with Crippen molar-refractivity contribution in [3.8, 4) is 0 Å². The number of non-ortho nitro benzene ring substituents is 1. The van der Waals surface area contributed by atoms with Crippen molar-refractivity contribution in [1.29, 1.82) is 0 Å². The van der Waals surface area contributed by atoms with Gasteiger partial charge < -0.3 is 9.88 Å². The lowest BCUT2D eigenvalue weighted by molar-refractivity contribution is -0.384. The maximum Gasteiger partial charge on any atom is 0.270 e. The van der Waals surface area contributed by atoms with E-state index in [9.17, 15) is 14.9 Å². The third kappa shape index (κ3) is 3.33. The van der Waals surface area contributed by atoms with Crippen LogP contribution in [0.3, 0.4) is 0 Å². The molecular formula is C12H11ClN4O3. The van der Waals surface area contributed by atoms with Crippen molar-refractivity contribution in [2.24, 2.45) is 0 Å². The number of nitrogens with zero attached hydrogens (tertiary/aromatic N) is 3. The van der Waals surface area contributed by atoms with Crippen molar-refractivity contribution in [2.75, 3.05) is 6.54 Å². The fraction of sp³-hybridized carbons (Fsp3) is 0.167. The van der Waals surface area contributed by atoms with Crippen LogP contribution >= 0.6 is 11.6 Å². The summed E-state index contributed by atoms with van der Waals surface area (Å²) in [5, 5.41) is 13.3. The lowest BCUT2D eigenvalue weighted by atomic mass is 10.2. The molecule has 20 heavy (non-hydrogen) atoms. The molecule has 0 spiro atoms. The van der Waals surface area contributed by atoms with Crippen LogP contribution in [0.1, 0.15) is 10.4 Å². The number of nitro groups is 1. The van der Waals surface area contributed by atoms with Crippen molar-refractivity contribution < 1.29 is 9.72 Å². The van der Waals surface area contributed by atoms with Gasteiger partial charge in [-0.05, 0) is 6.07 Å². The third-order valence-electron chi connectivity index (χ3n) is 2.62. The van der Waals surface area contributed by atoms with Gasteiger partial charge in [-0.1, -0.05) is 11.6 Å². The number of benzene rings is 1. The van der Waals surface area contributed by atoms with Gasteiger partial charge in [0.05, 0.1) is 21.8 Å². The summed E-state index contributed by atoms with van der Waals surface area (Å²) < 4.78 is 1.82. The van der Waals surface area contributed by atoms with Crippen LogP contribution in [0, 0.1) is 10.1 Å². The maximum atomic E-state index is 11.9. The molecule has 0 aliphatic carbocycles. The van der Waals surface area contributed by atoms with Gasteiger partial charge in [-0.2, -0.15) is 0 Å². The van der Waals surface area contributed by atoms with Crippen LogP contribution in [0.4, 0.5) is 5.69 Å². The minimum absolute atomic E-state index is 0.0549. The Morgan fingerprint density at radius 1 is 1.50 bits per heavy atom. The zero-order valence-electron chi connectivity index (χ0n) is 10.3. The van der Waals surface area contributed by atoms with Crippen LogP contribution in [-0.4, -0.2) is 26.9 Å². The summed E-state index contributed by atoms with van der Waals surface area (Å²) >= 11 is 5.87. The fourth-order valence-corrected chi connectivity index (χ4v) is 1.88. The van der Waals surface area contributed by atoms with Gasteiger partial charge in [-0.15, -0.1) is 0 Å². The first-order chi connectivity index (χ1) is 9.58. The van der Waals surface area contributed by atoms with Crippen LogP contribution in [0.5, 0.6) is 0 Å². The minimum atomic E-state index is -0.563. The SMILES string of the molecule is O=C(NCCn1ccnc1)c1ccc([N+](=O)[O-])cc1Cl. The van der Waals surface area contributed by atoms with E-state index in [1.165, 1.54) is 12.1 Å². The average Bonchev–Trinajstić information content (AvgIpc) is 2.91. The van der Waals surface area contributed by atoms with Crippen LogP contribution in [-0.2, 0) is 6.54 Å².